The Morgan fingerprint density at radius 2 is 1.58 bits per heavy atom. The van der Waals surface area contributed by atoms with Crippen molar-refractivity contribution in [3.05, 3.63) is 0 Å². The summed E-state index contributed by atoms with van der Waals surface area (Å²) in [5, 5.41) is 0. The molecule has 0 aliphatic rings. The number of ether oxygens (including phenoxy) is 1. The van der Waals surface area contributed by atoms with E-state index in [0.29, 0.717) is 5.92 Å². The SMILES string of the molecule is CC[C@](OC)(C(C)C)C(C)(C)C. The maximum atomic E-state index is 5.71. The average molecular weight is 172 g/mol. The Kier molecular flexibility index (Phi) is 3.77. The predicted octanol–water partition coefficient (Wildman–Crippen LogP) is 3.48. The third-order valence-electron chi connectivity index (χ3n) is 3.09. The molecule has 74 valence electrons. The van der Waals surface area contributed by atoms with Gasteiger partial charge < -0.3 is 4.74 Å². The van der Waals surface area contributed by atoms with Crippen molar-refractivity contribution in [2.75, 3.05) is 7.11 Å². The Hall–Kier alpha value is -0.0400. The van der Waals surface area contributed by atoms with Crippen LogP contribution in [0.1, 0.15) is 48.0 Å². The van der Waals surface area contributed by atoms with Crippen LogP contribution in [0.15, 0.2) is 0 Å². The first-order valence-electron chi connectivity index (χ1n) is 4.87. The molecule has 0 aromatic heterocycles. The lowest BCUT2D eigenvalue weighted by molar-refractivity contribution is -0.127. The fraction of sp³-hybridized carbons (Fsp3) is 1.00. The van der Waals surface area contributed by atoms with Gasteiger partial charge >= 0.3 is 0 Å². The van der Waals surface area contributed by atoms with Crippen LogP contribution in [-0.4, -0.2) is 12.7 Å². The van der Waals surface area contributed by atoms with Crippen LogP contribution in [0.2, 0.25) is 0 Å². The topological polar surface area (TPSA) is 9.23 Å². The molecule has 0 aromatic carbocycles. The number of hydrogen-bond acceptors (Lipinski definition) is 1. The van der Waals surface area contributed by atoms with Crippen LogP contribution in [-0.2, 0) is 4.74 Å². The molecule has 0 spiro atoms. The van der Waals surface area contributed by atoms with E-state index in [1.807, 2.05) is 7.11 Å². The Morgan fingerprint density at radius 1 is 1.17 bits per heavy atom. The van der Waals surface area contributed by atoms with E-state index in [4.69, 9.17) is 4.74 Å². The van der Waals surface area contributed by atoms with Gasteiger partial charge in [-0.05, 0) is 17.8 Å². The second kappa shape index (κ2) is 3.78. The summed E-state index contributed by atoms with van der Waals surface area (Å²) in [6.07, 6.45) is 1.07. The lowest BCUT2D eigenvalue weighted by Crippen LogP contribution is -2.48. The van der Waals surface area contributed by atoms with Gasteiger partial charge in [-0.15, -0.1) is 0 Å². The van der Waals surface area contributed by atoms with E-state index in [2.05, 4.69) is 41.5 Å². The average Bonchev–Trinajstić information content (AvgIpc) is 1.87. The molecule has 0 aliphatic heterocycles. The number of methoxy groups -OCH3 is 1. The molecule has 0 saturated carbocycles. The minimum absolute atomic E-state index is 0.0208. The van der Waals surface area contributed by atoms with Crippen molar-refractivity contribution in [1.29, 1.82) is 0 Å². The molecule has 0 saturated heterocycles. The fourth-order valence-corrected chi connectivity index (χ4v) is 2.49. The molecule has 0 rings (SSSR count). The van der Waals surface area contributed by atoms with Crippen LogP contribution < -0.4 is 0 Å². The lowest BCUT2D eigenvalue weighted by atomic mass is 9.68. The number of rotatable bonds is 3. The molecule has 0 unspecified atom stereocenters. The van der Waals surface area contributed by atoms with Gasteiger partial charge in [-0.1, -0.05) is 41.5 Å². The van der Waals surface area contributed by atoms with Crippen molar-refractivity contribution < 1.29 is 4.74 Å². The minimum Gasteiger partial charge on any atom is -0.377 e. The van der Waals surface area contributed by atoms with Crippen molar-refractivity contribution in [2.45, 2.75) is 53.6 Å². The van der Waals surface area contributed by atoms with Gasteiger partial charge in [0, 0.05) is 7.11 Å². The minimum atomic E-state index is 0.0208. The highest BCUT2D eigenvalue weighted by Gasteiger charge is 2.43. The standard InChI is InChI=1S/C11H24O/c1-8-11(12-7,9(2)3)10(4,5)6/h9H,8H2,1-7H3/t11-/m0/s1. The van der Waals surface area contributed by atoms with Gasteiger partial charge in [0.15, 0.2) is 0 Å². The first kappa shape index (κ1) is 12.0. The fourth-order valence-electron chi connectivity index (χ4n) is 2.49. The largest absolute Gasteiger partial charge is 0.377 e. The van der Waals surface area contributed by atoms with Gasteiger partial charge in [0.2, 0.25) is 0 Å². The Bertz CT molecular complexity index is 126. The monoisotopic (exact) mass is 172 g/mol. The van der Waals surface area contributed by atoms with Crippen LogP contribution in [0.5, 0.6) is 0 Å². The molecule has 1 atom stereocenters. The molecule has 1 nitrogen and oxygen atoms in total. The molecular weight excluding hydrogens is 148 g/mol. The Labute approximate surface area is 77.5 Å². The van der Waals surface area contributed by atoms with Gasteiger partial charge in [0.25, 0.3) is 0 Å². The van der Waals surface area contributed by atoms with E-state index >= 15 is 0 Å². The van der Waals surface area contributed by atoms with E-state index in [-0.39, 0.29) is 11.0 Å². The third kappa shape index (κ3) is 1.82. The summed E-state index contributed by atoms with van der Waals surface area (Å²) in [5.74, 6) is 0.562. The predicted molar refractivity (Wildman–Crippen MR) is 54.3 cm³/mol. The molecule has 0 aromatic rings. The second-order valence-corrected chi connectivity index (χ2v) is 4.85. The molecule has 12 heavy (non-hydrogen) atoms. The van der Waals surface area contributed by atoms with Gasteiger partial charge in [-0.25, -0.2) is 0 Å². The summed E-state index contributed by atoms with van der Waals surface area (Å²) in [6.45, 7) is 13.4. The molecule has 0 bridgehead atoms. The molecule has 0 fully saturated rings. The summed E-state index contributed by atoms with van der Waals surface area (Å²) >= 11 is 0. The molecule has 0 amide bonds. The third-order valence-corrected chi connectivity index (χ3v) is 3.09. The van der Waals surface area contributed by atoms with E-state index in [1.165, 1.54) is 0 Å². The molecule has 0 radical (unpaired) electrons. The molecule has 0 aliphatic carbocycles. The lowest BCUT2D eigenvalue weighted by Gasteiger charge is -2.46. The Morgan fingerprint density at radius 3 is 1.58 bits per heavy atom. The van der Waals surface area contributed by atoms with Gasteiger partial charge in [-0.3, -0.25) is 0 Å². The molecular formula is C11H24O. The molecule has 0 heterocycles. The maximum Gasteiger partial charge on any atom is 0.0746 e. The summed E-state index contributed by atoms with van der Waals surface area (Å²) in [5.41, 5.74) is 0.234. The highest BCUT2D eigenvalue weighted by atomic mass is 16.5. The summed E-state index contributed by atoms with van der Waals surface area (Å²) in [7, 11) is 1.83. The van der Waals surface area contributed by atoms with Crippen molar-refractivity contribution in [3.8, 4) is 0 Å². The summed E-state index contributed by atoms with van der Waals surface area (Å²) < 4.78 is 5.71. The van der Waals surface area contributed by atoms with Crippen LogP contribution in [0.4, 0.5) is 0 Å². The highest BCUT2D eigenvalue weighted by molar-refractivity contribution is 4.93. The van der Waals surface area contributed by atoms with Gasteiger partial charge in [0.1, 0.15) is 0 Å². The van der Waals surface area contributed by atoms with Crippen LogP contribution in [0.3, 0.4) is 0 Å². The van der Waals surface area contributed by atoms with Gasteiger partial charge in [-0.2, -0.15) is 0 Å². The van der Waals surface area contributed by atoms with Crippen LogP contribution in [0, 0.1) is 11.3 Å². The normalized spacial score (nSPS) is 18.0. The van der Waals surface area contributed by atoms with Crippen molar-refractivity contribution in [3.63, 3.8) is 0 Å². The highest BCUT2D eigenvalue weighted by Crippen LogP contribution is 2.41. The maximum absolute atomic E-state index is 5.71. The first-order valence-corrected chi connectivity index (χ1v) is 4.87. The zero-order chi connectivity index (χ0) is 9.99. The zero-order valence-corrected chi connectivity index (χ0v) is 9.69. The second-order valence-electron chi connectivity index (χ2n) is 4.85. The smallest absolute Gasteiger partial charge is 0.0746 e. The van der Waals surface area contributed by atoms with Crippen molar-refractivity contribution in [2.24, 2.45) is 11.3 Å². The van der Waals surface area contributed by atoms with Crippen molar-refractivity contribution in [1.82, 2.24) is 0 Å². The quantitative estimate of drug-likeness (QED) is 0.633. The van der Waals surface area contributed by atoms with Crippen LogP contribution >= 0.6 is 0 Å². The molecule has 0 N–H and O–H groups in total. The zero-order valence-electron chi connectivity index (χ0n) is 9.69. The van der Waals surface area contributed by atoms with Gasteiger partial charge in [0.05, 0.1) is 5.60 Å². The van der Waals surface area contributed by atoms with E-state index < -0.39 is 0 Å². The summed E-state index contributed by atoms with van der Waals surface area (Å²) in [4.78, 5) is 0. The van der Waals surface area contributed by atoms with Crippen molar-refractivity contribution >= 4 is 0 Å². The van der Waals surface area contributed by atoms with E-state index in [0.717, 1.165) is 6.42 Å². The van der Waals surface area contributed by atoms with E-state index in [1.54, 1.807) is 0 Å². The molecule has 1 heteroatoms. The summed E-state index contributed by atoms with van der Waals surface area (Å²) in [6, 6.07) is 0. The first-order chi connectivity index (χ1) is 5.31. The van der Waals surface area contributed by atoms with E-state index in [9.17, 15) is 0 Å². The van der Waals surface area contributed by atoms with Crippen LogP contribution in [0.25, 0.3) is 0 Å². The number of hydrogen-bond donors (Lipinski definition) is 0. The Balaban J connectivity index is 4.83.